The van der Waals surface area contributed by atoms with Gasteiger partial charge in [-0.1, -0.05) is 41.4 Å². The molecule has 0 spiro atoms. The van der Waals surface area contributed by atoms with Crippen LogP contribution < -0.4 is 0 Å². The number of aryl methyl sites for hydroxylation is 1. The maximum absolute atomic E-state index is 12.9. The maximum Gasteiger partial charge on any atom is 0.183 e. The van der Waals surface area contributed by atoms with Crippen LogP contribution in [0.2, 0.25) is 5.02 Å². The molecule has 122 valence electrons. The van der Waals surface area contributed by atoms with Crippen molar-refractivity contribution < 1.29 is 13.2 Å². The first-order valence-electron chi connectivity index (χ1n) is 7.30. The molecule has 1 saturated carbocycles. The summed E-state index contributed by atoms with van der Waals surface area (Å²) >= 11 is 5.80. The Bertz CT molecular complexity index is 930. The lowest BCUT2D eigenvalue weighted by Crippen LogP contribution is -2.16. The third kappa shape index (κ3) is 2.43. The van der Waals surface area contributed by atoms with E-state index in [2.05, 4.69) is 0 Å². The summed E-state index contributed by atoms with van der Waals surface area (Å²) in [5.41, 5.74) is 0.148. The topological polar surface area (TPSA) is 75.0 Å². The molecule has 1 aliphatic carbocycles. The van der Waals surface area contributed by atoms with E-state index in [4.69, 9.17) is 11.6 Å². The fraction of sp³-hybridized carbons (Fsp3) is 0.222. The largest absolute Gasteiger partial charge is 0.302 e. The Labute approximate surface area is 145 Å². The summed E-state index contributed by atoms with van der Waals surface area (Å²) in [6.07, 6.45) is 0.468. The highest BCUT2D eigenvalue weighted by Crippen LogP contribution is 2.62. The molecule has 3 atom stereocenters. The summed E-state index contributed by atoms with van der Waals surface area (Å²) in [6.45, 7) is 1.91. The molecule has 0 bridgehead atoms. The van der Waals surface area contributed by atoms with Gasteiger partial charge < -0.3 is 4.79 Å². The van der Waals surface area contributed by atoms with Gasteiger partial charge >= 0.3 is 0 Å². The molecule has 0 aromatic heterocycles. The average Bonchev–Trinajstić information content (AvgIpc) is 3.26. The molecule has 0 radical (unpaired) electrons. The monoisotopic (exact) mass is 359 g/mol. The van der Waals surface area contributed by atoms with Crippen molar-refractivity contribution in [1.82, 2.24) is 0 Å². The second kappa shape index (κ2) is 5.73. The minimum atomic E-state index is -3.83. The Morgan fingerprint density at radius 1 is 1.12 bits per heavy atom. The molecule has 0 saturated heterocycles. The molecule has 6 heteroatoms. The lowest BCUT2D eigenvalue weighted by atomic mass is 10.0. The van der Waals surface area contributed by atoms with Gasteiger partial charge in [0.25, 0.3) is 0 Å². The molecule has 0 N–H and O–H groups in total. The van der Waals surface area contributed by atoms with Crippen LogP contribution in [-0.2, 0) is 14.6 Å². The fourth-order valence-corrected chi connectivity index (χ4v) is 5.47. The molecule has 24 heavy (non-hydrogen) atoms. The molecule has 0 heterocycles. The summed E-state index contributed by atoms with van der Waals surface area (Å²) in [5, 5.41) is 8.83. The van der Waals surface area contributed by atoms with Gasteiger partial charge in [-0.2, -0.15) is 5.26 Å². The van der Waals surface area contributed by atoms with Gasteiger partial charge in [-0.25, -0.2) is 8.42 Å². The second-order valence-electron chi connectivity index (χ2n) is 5.97. The third-order valence-electron chi connectivity index (χ3n) is 4.48. The van der Waals surface area contributed by atoms with Crippen LogP contribution in [0, 0.1) is 23.7 Å². The number of sulfone groups is 1. The molecule has 2 aromatic carbocycles. The third-order valence-corrected chi connectivity index (χ3v) is 6.99. The van der Waals surface area contributed by atoms with Gasteiger partial charge in [-0.05, 0) is 36.8 Å². The van der Waals surface area contributed by atoms with Gasteiger partial charge in [0.1, 0.15) is 17.0 Å². The van der Waals surface area contributed by atoms with E-state index in [1.54, 1.807) is 12.1 Å². The number of hydrogen-bond donors (Lipinski definition) is 0. The zero-order valence-corrected chi connectivity index (χ0v) is 14.4. The summed E-state index contributed by atoms with van der Waals surface area (Å²) < 4.78 is 25.9. The van der Waals surface area contributed by atoms with E-state index in [-0.39, 0.29) is 4.90 Å². The highest BCUT2D eigenvalue weighted by Gasteiger charge is 2.72. The van der Waals surface area contributed by atoms with E-state index in [0.717, 1.165) is 5.56 Å². The van der Waals surface area contributed by atoms with Gasteiger partial charge in [0.15, 0.2) is 9.84 Å². The number of carbonyl (C=O) groups excluding carboxylic acids is 1. The van der Waals surface area contributed by atoms with Gasteiger partial charge in [0, 0.05) is 10.9 Å². The number of rotatable bonds is 4. The zero-order chi connectivity index (χ0) is 17.5. The number of hydrogen-bond acceptors (Lipinski definition) is 4. The van der Waals surface area contributed by atoms with Gasteiger partial charge in [-0.3, -0.25) is 0 Å². The van der Waals surface area contributed by atoms with E-state index < -0.39 is 26.4 Å². The number of carbonyl (C=O) groups is 1. The molecule has 4 nitrogen and oxygen atoms in total. The fourth-order valence-electron chi connectivity index (χ4n) is 3.11. The molecule has 2 aromatic rings. The molecule has 1 fully saturated rings. The van der Waals surface area contributed by atoms with E-state index >= 15 is 0 Å². The van der Waals surface area contributed by atoms with Crippen molar-refractivity contribution in [2.24, 2.45) is 5.41 Å². The predicted octanol–water partition coefficient (Wildman–Crippen LogP) is 3.30. The lowest BCUT2D eigenvalue weighted by molar-refractivity contribution is -0.110. The SMILES string of the molecule is Cc1ccc(C2C(S(=O)(=O)c3ccc(Cl)cc3)C2(C#N)C=O)cc1. The summed E-state index contributed by atoms with van der Waals surface area (Å²) in [7, 11) is -3.83. The van der Waals surface area contributed by atoms with Crippen molar-refractivity contribution in [2.75, 3.05) is 0 Å². The van der Waals surface area contributed by atoms with Crippen LogP contribution in [0.5, 0.6) is 0 Å². The highest BCUT2D eigenvalue weighted by atomic mass is 35.5. The minimum absolute atomic E-state index is 0.0630. The van der Waals surface area contributed by atoms with Crippen molar-refractivity contribution >= 4 is 27.7 Å². The van der Waals surface area contributed by atoms with Crippen LogP contribution in [0.4, 0.5) is 0 Å². The van der Waals surface area contributed by atoms with Crippen molar-refractivity contribution in [3.05, 3.63) is 64.7 Å². The average molecular weight is 360 g/mol. The predicted molar refractivity (Wildman–Crippen MR) is 90.5 cm³/mol. The molecule has 3 unspecified atom stereocenters. The van der Waals surface area contributed by atoms with E-state index in [1.807, 2.05) is 25.1 Å². The number of nitriles is 1. The van der Waals surface area contributed by atoms with Crippen molar-refractivity contribution in [3.63, 3.8) is 0 Å². The summed E-state index contributed by atoms with van der Waals surface area (Å²) in [5.74, 6) is -0.665. The van der Waals surface area contributed by atoms with E-state index in [0.29, 0.717) is 16.9 Å². The second-order valence-corrected chi connectivity index (χ2v) is 8.48. The number of aldehydes is 1. The van der Waals surface area contributed by atoms with Crippen LogP contribution in [0.25, 0.3) is 0 Å². The zero-order valence-electron chi connectivity index (χ0n) is 12.8. The van der Waals surface area contributed by atoms with Crippen molar-refractivity contribution in [1.29, 1.82) is 5.26 Å². The van der Waals surface area contributed by atoms with Gasteiger partial charge in [-0.15, -0.1) is 0 Å². The van der Waals surface area contributed by atoms with Crippen molar-refractivity contribution in [2.45, 2.75) is 23.0 Å². The smallest absolute Gasteiger partial charge is 0.183 e. The quantitative estimate of drug-likeness (QED) is 0.785. The van der Waals surface area contributed by atoms with Crippen LogP contribution in [0.3, 0.4) is 0 Å². The van der Waals surface area contributed by atoms with Crippen LogP contribution in [-0.4, -0.2) is 20.0 Å². The van der Waals surface area contributed by atoms with Crippen LogP contribution in [0.15, 0.2) is 53.4 Å². The lowest BCUT2D eigenvalue weighted by Gasteiger charge is -2.04. The molecule has 0 amide bonds. The van der Waals surface area contributed by atoms with E-state index in [9.17, 15) is 18.5 Å². The van der Waals surface area contributed by atoms with Crippen LogP contribution >= 0.6 is 11.6 Å². The Morgan fingerprint density at radius 3 is 2.21 bits per heavy atom. The highest BCUT2D eigenvalue weighted by molar-refractivity contribution is 7.92. The van der Waals surface area contributed by atoms with Crippen molar-refractivity contribution in [3.8, 4) is 6.07 Å². The maximum atomic E-state index is 12.9. The molecule has 3 rings (SSSR count). The molecular formula is C18H14ClNO3S. The van der Waals surface area contributed by atoms with Crippen LogP contribution in [0.1, 0.15) is 17.0 Å². The number of benzene rings is 2. The Balaban J connectivity index is 2.08. The van der Waals surface area contributed by atoms with Gasteiger partial charge in [0.05, 0.1) is 11.0 Å². The minimum Gasteiger partial charge on any atom is -0.302 e. The van der Waals surface area contributed by atoms with Gasteiger partial charge in [0.2, 0.25) is 0 Å². The normalized spacial score (nSPS) is 25.7. The molecular weight excluding hydrogens is 346 g/mol. The number of halogens is 1. The first kappa shape index (κ1) is 16.7. The first-order chi connectivity index (χ1) is 11.4. The standard InChI is InChI=1S/C18H14ClNO3S/c1-12-2-4-13(5-3-12)16-17(18(16,10-20)11-21)24(22,23)15-8-6-14(19)7-9-15/h2-9,11,16-17H,1H3. The Kier molecular flexibility index (Phi) is 3.98. The molecule has 1 aliphatic rings. The Morgan fingerprint density at radius 2 is 1.71 bits per heavy atom. The summed E-state index contributed by atoms with van der Waals surface area (Å²) in [6, 6.07) is 14.9. The van der Waals surface area contributed by atoms with E-state index in [1.165, 1.54) is 24.3 Å². The Hall–Kier alpha value is -2.16. The number of nitrogens with zero attached hydrogens (tertiary/aromatic N) is 1. The summed E-state index contributed by atoms with van der Waals surface area (Å²) in [4.78, 5) is 11.7. The first-order valence-corrected chi connectivity index (χ1v) is 9.23. The molecule has 0 aliphatic heterocycles.